The quantitative estimate of drug-likeness (QED) is 0.375. The van der Waals surface area contributed by atoms with Gasteiger partial charge in [0.25, 0.3) is 5.69 Å². The van der Waals surface area contributed by atoms with Gasteiger partial charge in [0.15, 0.2) is 0 Å². The Balaban J connectivity index is 2.12. The summed E-state index contributed by atoms with van der Waals surface area (Å²) in [4.78, 5) is 10.3. The summed E-state index contributed by atoms with van der Waals surface area (Å²) in [6, 6.07) is 12.3. The van der Waals surface area contributed by atoms with Gasteiger partial charge in [0.05, 0.1) is 4.92 Å². The van der Waals surface area contributed by atoms with Gasteiger partial charge in [0.1, 0.15) is 0 Å². The van der Waals surface area contributed by atoms with Crippen molar-refractivity contribution in [3.8, 4) is 0 Å². The molecule has 2 rings (SSSR count). The highest BCUT2D eigenvalue weighted by Crippen LogP contribution is 2.21. The van der Waals surface area contributed by atoms with Crippen molar-refractivity contribution in [1.29, 1.82) is 0 Å². The van der Waals surface area contributed by atoms with Crippen molar-refractivity contribution in [2.75, 3.05) is 11.1 Å². The summed E-state index contributed by atoms with van der Waals surface area (Å²) in [5.41, 5.74) is 8.07. The molecule has 2 aromatic rings. The molecule has 19 heavy (non-hydrogen) atoms. The van der Waals surface area contributed by atoms with E-state index in [1.54, 1.807) is 6.07 Å². The monoisotopic (exact) mass is 369 g/mol. The second kappa shape index (κ2) is 5.87. The van der Waals surface area contributed by atoms with Crippen LogP contribution in [-0.2, 0) is 6.54 Å². The zero-order valence-electron chi connectivity index (χ0n) is 9.97. The molecule has 0 fully saturated rings. The lowest BCUT2D eigenvalue weighted by atomic mass is 10.1. The number of halogens is 1. The predicted octanol–water partition coefficient (Wildman–Crippen LogP) is 3.39. The minimum Gasteiger partial charge on any atom is -0.398 e. The third-order valence-electron chi connectivity index (χ3n) is 2.66. The Kier molecular flexibility index (Phi) is 4.20. The van der Waals surface area contributed by atoms with Crippen molar-refractivity contribution < 1.29 is 4.92 Å². The van der Waals surface area contributed by atoms with Gasteiger partial charge < -0.3 is 11.1 Å². The molecule has 0 aliphatic rings. The average Bonchev–Trinajstić information content (AvgIpc) is 2.39. The largest absolute Gasteiger partial charge is 0.398 e. The second-order valence-electron chi connectivity index (χ2n) is 4.00. The van der Waals surface area contributed by atoms with Crippen LogP contribution in [0.3, 0.4) is 0 Å². The number of nitro benzene ring substituents is 1. The van der Waals surface area contributed by atoms with Crippen molar-refractivity contribution in [3.63, 3.8) is 0 Å². The molecule has 5 nitrogen and oxygen atoms in total. The molecule has 0 heterocycles. The van der Waals surface area contributed by atoms with E-state index in [4.69, 9.17) is 5.73 Å². The van der Waals surface area contributed by atoms with Crippen LogP contribution in [-0.4, -0.2) is 4.92 Å². The fourth-order valence-corrected chi connectivity index (χ4v) is 1.98. The molecule has 0 saturated carbocycles. The normalized spacial score (nSPS) is 10.2. The zero-order valence-corrected chi connectivity index (χ0v) is 12.1. The van der Waals surface area contributed by atoms with Gasteiger partial charge in [0.2, 0.25) is 0 Å². The number of benzene rings is 2. The molecule has 3 N–H and O–H groups in total. The van der Waals surface area contributed by atoms with Crippen LogP contribution < -0.4 is 11.1 Å². The lowest BCUT2D eigenvalue weighted by molar-refractivity contribution is -0.384. The van der Waals surface area contributed by atoms with Crippen LogP contribution >= 0.6 is 22.6 Å². The van der Waals surface area contributed by atoms with Crippen LogP contribution in [0.25, 0.3) is 0 Å². The van der Waals surface area contributed by atoms with Gasteiger partial charge in [-0.15, -0.1) is 0 Å². The van der Waals surface area contributed by atoms with E-state index >= 15 is 0 Å². The lowest BCUT2D eigenvalue weighted by Gasteiger charge is -2.09. The molecular formula is C13H12IN3O2. The lowest BCUT2D eigenvalue weighted by Crippen LogP contribution is -2.03. The van der Waals surface area contributed by atoms with E-state index in [1.807, 2.05) is 24.3 Å². The highest BCUT2D eigenvalue weighted by molar-refractivity contribution is 14.1. The molecular weight excluding hydrogens is 357 g/mol. The molecule has 0 radical (unpaired) electrons. The fourth-order valence-electron chi connectivity index (χ4n) is 1.62. The highest BCUT2D eigenvalue weighted by atomic mass is 127. The van der Waals surface area contributed by atoms with Crippen molar-refractivity contribution in [2.24, 2.45) is 0 Å². The number of nitrogens with two attached hydrogens (primary N) is 1. The second-order valence-corrected chi connectivity index (χ2v) is 5.25. The molecule has 0 atom stereocenters. The number of nitrogen functional groups attached to an aromatic ring is 1. The van der Waals surface area contributed by atoms with Crippen molar-refractivity contribution in [1.82, 2.24) is 0 Å². The molecule has 0 bridgehead atoms. The summed E-state index contributed by atoms with van der Waals surface area (Å²) < 4.78 is 1.15. The van der Waals surface area contributed by atoms with Crippen LogP contribution in [0.4, 0.5) is 17.1 Å². The van der Waals surface area contributed by atoms with E-state index in [1.165, 1.54) is 12.1 Å². The van der Waals surface area contributed by atoms with Crippen LogP contribution in [0.1, 0.15) is 5.56 Å². The Morgan fingerprint density at radius 1 is 1.21 bits per heavy atom. The summed E-state index contributed by atoms with van der Waals surface area (Å²) in [7, 11) is 0. The van der Waals surface area contributed by atoms with E-state index in [-0.39, 0.29) is 5.69 Å². The number of rotatable bonds is 4. The number of hydrogen-bond acceptors (Lipinski definition) is 4. The fraction of sp³-hybridized carbons (Fsp3) is 0.0769. The molecule has 6 heteroatoms. The van der Waals surface area contributed by atoms with Crippen molar-refractivity contribution >= 4 is 39.7 Å². The predicted molar refractivity (Wildman–Crippen MR) is 84.0 cm³/mol. The first kappa shape index (κ1) is 13.6. The summed E-state index contributed by atoms with van der Waals surface area (Å²) >= 11 is 2.23. The Hall–Kier alpha value is -1.83. The number of nitrogens with one attached hydrogen (secondary N) is 1. The Labute approximate surface area is 124 Å². The third-order valence-corrected chi connectivity index (χ3v) is 3.38. The molecule has 98 valence electrons. The maximum atomic E-state index is 10.7. The molecule has 0 aliphatic heterocycles. The Bertz CT molecular complexity index is 599. The summed E-state index contributed by atoms with van der Waals surface area (Å²) in [5, 5.41) is 13.9. The summed E-state index contributed by atoms with van der Waals surface area (Å²) in [5.74, 6) is 0. The average molecular weight is 369 g/mol. The van der Waals surface area contributed by atoms with E-state index in [0.717, 1.165) is 9.26 Å². The maximum absolute atomic E-state index is 10.7. The summed E-state index contributed by atoms with van der Waals surface area (Å²) in [6.07, 6.45) is 0. The standard InChI is InChI=1S/C13H12IN3O2/c14-10-1-3-11(4-2-10)16-8-9-7-12(17(18)19)5-6-13(9)15/h1-7,16H,8,15H2. The van der Waals surface area contributed by atoms with Crippen LogP contribution in [0.15, 0.2) is 42.5 Å². The van der Waals surface area contributed by atoms with E-state index < -0.39 is 4.92 Å². The van der Waals surface area contributed by atoms with Crippen LogP contribution in [0.2, 0.25) is 0 Å². The number of anilines is 2. The smallest absolute Gasteiger partial charge is 0.269 e. The van der Waals surface area contributed by atoms with Crippen LogP contribution in [0, 0.1) is 13.7 Å². The number of hydrogen-bond donors (Lipinski definition) is 2. The zero-order chi connectivity index (χ0) is 13.8. The van der Waals surface area contributed by atoms with Crippen LogP contribution in [0.5, 0.6) is 0 Å². The first-order valence-electron chi connectivity index (χ1n) is 5.58. The number of non-ortho nitro benzene ring substituents is 1. The number of nitro groups is 1. The summed E-state index contributed by atoms with van der Waals surface area (Å²) in [6.45, 7) is 0.452. The maximum Gasteiger partial charge on any atom is 0.269 e. The third kappa shape index (κ3) is 3.57. The number of nitrogens with zero attached hydrogens (tertiary/aromatic N) is 1. The van der Waals surface area contributed by atoms with Gasteiger partial charge in [-0.25, -0.2) is 0 Å². The molecule has 2 aromatic carbocycles. The molecule has 0 spiro atoms. The minimum absolute atomic E-state index is 0.0496. The van der Waals surface area contributed by atoms with E-state index in [2.05, 4.69) is 27.9 Å². The van der Waals surface area contributed by atoms with Gasteiger partial charge in [-0.1, -0.05) is 0 Å². The first-order valence-corrected chi connectivity index (χ1v) is 6.66. The van der Waals surface area contributed by atoms with Crippen molar-refractivity contribution in [2.45, 2.75) is 6.54 Å². The van der Waals surface area contributed by atoms with E-state index in [9.17, 15) is 10.1 Å². The molecule has 0 saturated heterocycles. The van der Waals surface area contributed by atoms with E-state index in [0.29, 0.717) is 17.8 Å². The molecule has 0 aromatic heterocycles. The van der Waals surface area contributed by atoms with Gasteiger partial charge in [-0.05, 0) is 52.9 Å². The first-order chi connectivity index (χ1) is 9.06. The van der Waals surface area contributed by atoms with Crippen molar-refractivity contribution in [3.05, 3.63) is 61.7 Å². The SMILES string of the molecule is Nc1ccc([N+](=O)[O-])cc1CNc1ccc(I)cc1. The van der Waals surface area contributed by atoms with Gasteiger partial charge >= 0.3 is 0 Å². The molecule has 0 aliphatic carbocycles. The molecule has 0 amide bonds. The Morgan fingerprint density at radius 2 is 1.89 bits per heavy atom. The topological polar surface area (TPSA) is 81.2 Å². The Morgan fingerprint density at radius 3 is 2.53 bits per heavy atom. The van der Waals surface area contributed by atoms with Gasteiger partial charge in [0, 0.05) is 39.2 Å². The minimum atomic E-state index is -0.423. The molecule has 0 unspecified atom stereocenters. The van der Waals surface area contributed by atoms with Gasteiger partial charge in [-0.3, -0.25) is 10.1 Å². The highest BCUT2D eigenvalue weighted by Gasteiger charge is 2.08. The van der Waals surface area contributed by atoms with Gasteiger partial charge in [-0.2, -0.15) is 0 Å².